The molecule has 1 heterocycles. The summed E-state index contributed by atoms with van der Waals surface area (Å²) < 4.78 is 0. The van der Waals surface area contributed by atoms with Crippen LogP contribution in [0.1, 0.15) is 20.3 Å². The van der Waals surface area contributed by atoms with Crippen LogP contribution in [0, 0.1) is 11.8 Å². The lowest BCUT2D eigenvalue weighted by Gasteiger charge is -2.31. The normalized spacial score (nSPS) is 30.8. The van der Waals surface area contributed by atoms with Gasteiger partial charge in [0.25, 0.3) is 0 Å². The van der Waals surface area contributed by atoms with Gasteiger partial charge in [0.2, 0.25) is 0 Å². The molecule has 1 saturated heterocycles. The summed E-state index contributed by atoms with van der Waals surface area (Å²) in [5.41, 5.74) is -0.981. The van der Waals surface area contributed by atoms with E-state index in [9.17, 15) is 9.90 Å². The molecule has 2 atom stereocenters. The fourth-order valence-corrected chi connectivity index (χ4v) is 3.27. The third-order valence-corrected chi connectivity index (χ3v) is 3.74. The summed E-state index contributed by atoms with van der Waals surface area (Å²) in [6, 6.07) is 0. The molecule has 1 aliphatic rings. The third-order valence-electron chi connectivity index (χ3n) is 2.54. The van der Waals surface area contributed by atoms with Crippen LogP contribution in [0.15, 0.2) is 0 Å². The lowest BCUT2D eigenvalue weighted by atomic mass is 9.79. The van der Waals surface area contributed by atoms with E-state index in [4.69, 9.17) is 5.11 Å². The van der Waals surface area contributed by atoms with Crippen molar-refractivity contribution in [2.75, 3.05) is 11.5 Å². The number of hydrogen-bond donors (Lipinski definition) is 2. The van der Waals surface area contributed by atoms with Crippen molar-refractivity contribution in [1.29, 1.82) is 0 Å². The molecule has 1 rings (SSSR count). The van der Waals surface area contributed by atoms with Gasteiger partial charge in [0.1, 0.15) is 0 Å². The molecule has 0 bridgehead atoms. The van der Waals surface area contributed by atoms with Gasteiger partial charge in [-0.25, -0.2) is 0 Å². The maximum Gasteiger partial charge on any atom is 0.309 e. The summed E-state index contributed by atoms with van der Waals surface area (Å²) in [5, 5.41) is 19.1. The Hall–Kier alpha value is -0.220. The summed E-state index contributed by atoms with van der Waals surface area (Å²) in [4.78, 5) is 11.0. The summed E-state index contributed by atoms with van der Waals surface area (Å²) in [5.74, 6) is -0.0847. The van der Waals surface area contributed by atoms with E-state index in [0.29, 0.717) is 12.2 Å². The first-order valence-corrected chi connectivity index (χ1v) is 5.66. The Labute approximate surface area is 82.5 Å². The van der Waals surface area contributed by atoms with Crippen LogP contribution in [0.4, 0.5) is 0 Å². The molecular formula is C9H16O3S. The monoisotopic (exact) mass is 204 g/mol. The summed E-state index contributed by atoms with van der Waals surface area (Å²) in [6.45, 7) is 3.69. The van der Waals surface area contributed by atoms with Crippen LogP contribution in [0.5, 0.6) is 0 Å². The summed E-state index contributed by atoms with van der Waals surface area (Å²) >= 11 is 1.63. The number of rotatable bonds is 3. The van der Waals surface area contributed by atoms with Crippen molar-refractivity contribution >= 4 is 17.7 Å². The molecule has 0 aromatic carbocycles. The maximum atomic E-state index is 11.0. The minimum Gasteiger partial charge on any atom is -0.481 e. The van der Waals surface area contributed by atoms with E-state index in [-0.39, 0.29) is 5.92 Å². The first kappa shape index (κ1) is 10.9. The van der Waals surface area contributed by atoms with E-state index >= 15 is 0 Å². The number of aliphatic carboxylic acids is 1. The van der Waals surface area contributed by atoms with E-state index < -0.39 is 17.5 Å². The van der Waals surface area contributed by atoms with Crippen LogP contribution in [-0.2, 0) is 4.79 Å². The number of carboxylic acid groups (broad SMARTS) is 1. The molecule has 2 N–H and O–H groups in total. The van der Waals surface area contributed by atoms with Crippen molar-refractivity contribution in [2.45, 2.75) is 25.9 Å². The Morgan fingerprint density at radius 2 is 2.15 bits per heavy atom. The van der Waals surface area contributed by atoms with Crippen molar-refractivity contribution in [1.82, 2.24) is 0 Å². The van der Waals surface area contributed by atoms with Crippen LogP contribution >= 0.6 is 11.8 Å². The fourth-order valence-electron chi connectivity index (χ4n) is 1.95. The van der Waals surface area contributed by atoms with Crippen LogP contribution < -0.4 is 0 Å². The molecule has 3 nitrogen and oxygen atoms in total. The molecular weight excluding hydrogens is 188 g/mol. The highest BCUT2D eigenvalue weighted by atomic mass is 32.2. The van der Waals surface area contributed by atoms with Crippen LogP contribution in [0.25, 0.3) is 0 Å². The van der Waals surface area contributed by atoms with E-state index in [0.717, 1.165) is 5.75 Å². The molecule has 0 aromatic rings. The number of hydrogen-bond acceptors (Lipinski definition) is 3. The van der Waals surface area contributed by atoms with Gasteiger partial charge in [-0.2, -0.15) is 11.8 Å². The van der Waals surface area contributed by atoms with Gasteiger partial charge in [-0.1, -0.05) is 13.8 Å². The van der Waals surface area contributed by atoms with Crippen LogP contribution in [0.2, 0.25) is 0 Å². The zero-order chi connectivity index (χ0) is 10.1. The minimum atomic E-state index is -0.981. The molecule has 0 radical (unpaired) electrons. The summed E-state index contributed by atoms with van der Waals surface area (Å²) in [7, 11) is 0. The molecule has 4 heteroatoms. The van der Waals surface area contributed by atoms with Gasteiger partial charge in [-0.05, 0) is 18.1 Å². The third kappa shape index (κ3) is 2.17. The zero-order valence-electron chi connectivity index (χ0n) is 7.99. The van der Waals surface area contributed by atoms with Gasteiger partial charge < -0.3 is 10.2 Å². The Kier molecular flexibility index (Phi) is 3.24. The van der Waals surface area contributed by atoms with E-state index in [1.165, 1.54) is 0 Å². The molecule has 0 saturated carbocycles. The largest absolute Gasteiger partial charge is 0.481 e. The predicted molar refractivity (Wildman–Crippen MR) is 52.9 cm³/mol. The van der Waals surface area contributed by atoms with Crippen molar-refractivity contribution in [2.24, 2.45) is 11.8 Å². The zero-order valence-corrected chi connectivity index (χ0v) is 8.80. The Morgan fingerprint density at radius 1 is 1.54 bits per heavy atom. The second-order valence-electron chi connectivity index (χ2n) is 3.97. The van der Waals surface area contributed by atoms with Crippen molar-refractivity contribution in [3.63, 3.8) is 0 Å². The van der Waals surface area contributed by atoms with Crippen LogP contribution in [-0.4, -0.2) is 33.3 Å². The Morgan fingerprint density at radius 3 is 2.46 bits per heavy atom. The molecule has 13 heavy (non-hydrogen) atoms. The molecule has 2 unspecified atom stereocenters. The quantitative estimate of drug-likeness (QED) is 0.725. The molecule has 0 aliphatic carbocycles. The first-order valence-electron chi connectivity index (χ1n) is 4.50. The van der Waals surface area contributed by atoms with E-state index in [1.807, 2.05) is 13.8 Å². The molecule has 0 aromatic heterocycles. The smallest absolute Gasteiger partial charge is 0.309 e. The van der Waals surface area contributed by atoms with Gasteiger partial charge in [0.05, 0.1) is 11.5 Å². The van der Waals surface area contributed by atoms with Gasteiger partial charge in [0.15, 0.2) is 0 Å². The highest BCUT2D eigenvalue weighted by Crippen LogP contribution is 2.37. The molecule has 1 aliphatic heterocycles. The second-order valence-corrected chi connectivity index (χ2v) is 5.07. The van der Waals surface area contributed by atoms with Gasteiger partial charge in [0, 0.05) is 5.75 Å². The first-order chi connectivity index (χ1) is 5.97. The standard InChI is InChI=1S/C9H16O3S/c1-6(2)7(8(10)11)9(12)3-4-13-5-9/h6-7,12H,3-5H2,1-2H3,(H,10,11). The minimum absolute atomic E-state index is 0.0128. The molecule has 0 amide bonds. The Bertz CT molecular complexity index is 197. The van der Waals surface area contributed by atoms with Crippen molar-refractivity contribution in [3.8, 4) is 0 Å². The number of carbonyl (C=O) groups is 1. The van der Waals surface area contributed by atoms with Crippen molar-refractivity contribution < 1.29 is 15.0 Å². The van der Waals surface area contributed by atoms with E-state index in [1.54, 1.807) is 11.8 Å². The number of thioether (sulfide) groups is 1. The maximum absolute atomic E-state index is 11.0. The molecule has 76 valence electrons. The lowest BCUT2D eigenvalue weighted by molar-refractivity contribution is -0.153. The van der Waals surface area contributed by atoms with Gasteiger partial charge in [-0.15, -0.1) is 0 Å². The average Bonchev–Trinajstić information content (AvgIpc) is 2.33. The second kappa shape index (κ2) is 3.88. The number of carboxylic acids is 1. The SMILES string of the molecule is CC(C)C(C(=O)O)C1(O)CCSC1. The fraction of sp³-hybridized carbons (Fsp3) is 0.889. The Balaban J connectivity index is 2.79. The van der Waals surface area contributed by atoms with E-state index in [2.05, 4.69) is 0 Å². The average molecular weight is 204 g/mol. The van der Waals surface area contributed by atoms with Crippen molar-refractivity contribution in [3.05, 3.63) is 0 Å². The highest BCUT2D eigenvalue weighted by Gasteiger charge is 2.45. The molecule has 0 spiro atoms. The highest BCUT2D eigenvalue weighted by molar-refractivity contribution is 7.99. The number of aliphatic hydroxyl groups is 1. The van der Waals surface area contributed by atoms with Crippen LogP contribution in [0.3, 0.4) is 0 Å². The van der Waals surface area contributed by atoms with Gasteiger partial charge >= 0.3 is 5.97 Å². The lowest BCUT2D eigenvalue weighted by Crippen LogP contribution is -2.45. The predicted octanol–water partition coefficient (Wildman–Crippen LogP) is 1.21. The molecule has 1 fully saturated rings. The summed E-state index contributed by atoms with van der Waals surface area (Å²) in [6.07, 6.45) is 0.604. The topological polar surface area (TPSA) is 57.5 Å². The van der Waals surface area contributed by atoms with Gasteiger partial charge in [-0.3, -0.25) is 4.79 Å².